The summed E-state index contributed by atoms with van der Waals surface area (Å²) < 4.78 is 36.2. The fraction of sp³-hybridized carbons (Fsp3) is 0.562. The molecule has 23 heavy (non-hydrogen) atoms. The summed E-state index contributed by atoms with van der Waals surface area (Å²) >= 11 is 0. The molecule has 5 nitrogen and oxygen atoms in total. The minimum absolute atomic E-state index is 0.0352. The van der Waals surface area contributed by atoms with Gasteiger partial charge in [0, 0.05) is 24.8 Å². The fourth-order valence-electron chi connectivity index (χ4n) is 2.75. The molecule has 0 aliphatic carbocycles. The zero-order chi connectivity index (χ0) is 17.2. The average Bonchev–Trinajstić information content (AvgIpc) is 2.84. The Morgan fingerprint density at radius 2 is 1.91 bits per heavy atom. The van der Waals surface area contributed by atoms with Gasteiger partial charge in [0.05, 0.1) is 18.1 Å². The highest BCUT2D eigenvalue weighted by Gasteiger charge is 2.33. The van der Waals surface area contributed by atoms with Crippen LogP contribution in [0, 0.1) is 5.82 Å². The van der Waals surface area contributed by atoms with Gasteiger partial charge in [-0.25, -0.2) is 12.8 Å². The molecule has 1 saturated heterocycles. The summed E-state index contributed by atoms with van der Waals surface area (Å²) in [7, 11) is -1.38. The third-order valence-electron chi connectivity index (χ3n) is 4.24. The van der Waals surface area contributed by atoms with Gasteiger partial charge in [-0.3, -0.25) is 4.79 Å². The second-order valence-electron chi connectivity index (χ2n) is 6.26. The lowest BCUT2D eigenvalue weighted by molar-refractivity contribution is -0.130. The normalized spacial score (nSPS) is 19.8. The molecule has 128 valence electrons. The van der Waals surface area contributed by atoms with Gasteiger partial charge in [0.25, 0.3) is 0 Å². The largest absolute Gasteiger partial charge is 0.360 e. The van der Waals surface area contributed by atoms with Crippen molar-refractivity contribution in [1.82, 2.24) is 4.90 Å². The van der Waals surface area contributed by atoms with Gasteiger partial charge in [-0.2, -0.15) is 0 Å². The maximum absolute atomic E-state index is 13.1. The van der Waals surface area contributed by atoms with Crippen molar-refractivity contribution in [1.29, 1.82) is 0 Å². The summed E-state index contributed by atoms with van der Waals surface area (Å²) in [5.41, 5.74) is 0.766. The van der Waals surface area contributed by atoms with Crippen LogP contribution < -0.4 is 4.90 Å². The van der Waals surface area contributed by atoms with E-state index < -0.39 is 9.84 Å². The maximum atomic E-state index is 13.1. The Labute approximate surface area is 137 Å². The van der Waals surface area contributed by atoms with E-state index in [1.165, 1.54) is 17.0 Å². The molecular formula is C16H23FN2O3S. The van der Waals surface area contributed by atoms with E-state index in [4.69, 9.17) is 0 Å². The number of rotatable bonds is 5. The first-order chi connectivity index (χ1) is 10.7. The van der Waals surface area contributed by atoms with E-state index >= 15 is 0 Å². The SMILES string of the molecule is CC(C)N(CC(=O)N(C)[C@@H]1CCS(=O)(=O)C1)c1ccc(F)cc1. The van der Waals surface area contributed by atoms with Crippen LogP contribution >= 0.6 is 0 Å². The van der Waals surface area contributed by atoms with E-state index in [-0.39, 0.29) is 41.9 Å². The van der Waals surface area contributed by atoms with Crippen LogP contribution in [0.15, 0.2) is 24.3 Å². The molecule has 0 radical (unpaired) electrons. The smallest absolute Gasteiger partial charge is 0.242 e. The number of carbonyl (C=O) groups excluding carboxylic acids is 1. The maximum Gasteiger partial charge on any atom is 0.242 e. The molecule has 0 unspecified atom stereocenters. The molecule has 1 aliphatic rings. The predicted molar refractivity (Wildman–Crippen MR) is 88.7 cm³/mol. The van der Waals surface area contributed by atoms with Gasteiger partial charge in [-0.15, -0.1) is 0 Å². The first kappa shape index (κ1) is 17.7. The Morgan fingerprint density at radius 3 is 2.39 bits per heavy atom. The van der Waals surface area contributed by atoms with Crippen LogP contribution in [0.3, 0.4) is 0 Å². The minimum atomic E-state index is -3.02. The monoisotopic (exact) mass is 342 g/mol. The standard InChI is InChI=1S/C16H23FN2O3S/c1-12(2)19(14-6-4-13(17)5-7-14)10-16(20)18(3)15-8-9-23(21,22)11-15/h4-7,12,15H,8-11H2,1-3H3/t15-/m1/s1. The van der Waals surface area contributed by atoms with Crippen LogP contribution in [0.2, 0.25) is 0 Å². The Kier molecular flexibility index (Phi) is 5.29. The molecule has 1 aromatic carbocycles. The van der Waals surface area contributed by atoms with E-state index in [9.17, 15) is 17.6 Å². The van der Waals surface area contributed by atoms with E-state index in [1.54, 1.807) is 19.2 Å². The van der Waals surface area contributed by atoms with Gasteiger partial charge >= 0.3 is 0 Å². The lowest BCUT2D eigenvalue weighted by Crippen LogP contribution is -2.45. The van der Waals surface area contributed by atoms with Gasteiger partial charge in [0.15, 0.2) is 9.84 Å². The molecule has 1 atom stereocenters. The molecule has 1 aromatic rings. The van der Waals surface area contributed by atoms with E-state index in [2.05, 4.69) is 0 Å². The number of benzene rings is 1. The highest BCUT2D eigenvalue weighted by atomic mass is 32.2. The van der Waals surface area contributed by atoms with Crippen LogP contribution in [0.4, 0.5) is 10.1 Å². The quantitative estimate of drug-likeness (QED) is 0.817. The van der Waals surface area contributed by atoms with E-state index in [1.807, 2.05) is 18.7 Å². The number of hydrogen-bond acceptors (Lipinski definition) is 4. The highest BCUT2D eigenvalue weighted by molar-refractivity contribution is 7.91. The number of carbonyl (C=O) groups is 1. The molecule has 1 amide bonds. The van der Waals surface area contributed by atoms with Crippen molar-refractivity contribution in [3.63, 3.8) is 0 Å². The number of sulfone groups is 1. The van der Waals surface area contributed by atoms with E-state index in [0.717, 1.165) is 5.69 Å². The molecule has 0 N–H and O–H groups in total. The van der Waals surface area contributed by atoms with Crippen LogP contribution in [-0.2, 0) is 14.6 Å². The van der Waals surface area contributed by atoms with Gasteiger partial charge in [-0.1, -0.05) is 0 Å². The third-order valence-corrected chi connectivity index (χ3v) is 5.99. The minimum Gasteiger partial charge on any atom is -0.360 e. The van der Waals surface area contributed by atoms with Crippen LogP contribution in [0.5, 0.6) is 0 Å². The average molecular weight is 342 g/mol. The molecule has 0 saturated carbocycles. The Bertz CT molecular complexity index is 658. The molecule has 0 aromatic heterocycles. The second-order valence-corrected chi connectivity index (χ2v) is 8.49. The van der Waals surface area contributed by atoms with Crippen molar-refractivity contribution < 1.29 is 17.6 Å². The van der Waals surface area contributed by atoms with Gasteiger partial charge < -0.3 is 9.80 Å². The number of halogens is 1. The number of hydrogen-bond donors (Lipinski definition) is 0. The molecule has 1 heterocycles. The highest BCUT2D eigenvalue weighted by Crippen LogP contribution is 2.20. The zero-order valence-electron chi connectivity index (χ0n) is 13.7. The first-order valence-electron chi connectivity index (χ1n) is 7.68. The lowest BCUT2D eigenvalue weighted by Gasteiger charge is -2.32. The topological polar surface area (TPSA) is 57.7 Å². The Hall–Kier alpha value is -1.63. The molecule has 0 spiro atoms. The van der Waals surface area contributed by atoms with Crippen LogP contribution in [0.25, 0.3) is 0 Å². The van der Waals surface area contributed by atoms with Crippen molar-refractivity contribution in [3.05, 3.63) is 30.1 Å². The van der Waals surface area contributed by atoms with Gasteiger partial charge in [0.2, 0.25) is 5.91 Å². The summed E-state index contributed by atoms with van der Waals surface area (Å²) in [6.45, 7) is 4.05. The van der Waals surface area contributed by atoms with Gasteiger partial charge in [0.1, 0.15) is 5.82 Å². The summed E-state index contributed by atoms with van der Waals surface area (Å²) in [4.78, 5) is 15.9. The summed E-state index contributed by atoms with van der Waals surface area (Å²) in [5, 5.41) is 0. The molecule has 7 heteroatoms. The predicted octanol–water partition coefficient (Wildman–Crippen LogP) is 1.69. The molecule has 1 aliphatic heterocycles. The van der Waals surface area contributed by atoms with E-state index in [0.29, 0.717) is 6.42 Å². The lowest BCUT2D eigenvalue weighted by atomic mass is 10.2. The van der Waals surface area contributed by atoms with Crippen molar-refractivity contribution in [2.75, 3.05) is 30.0 Å². The van der Waals surface area contributed by atoms with Crippen molar-refractivity contribution in [2.45, 2.75) is 32.4 Å². The number of amides is 1. The number of nitrogens with zero attached hydrogens (tertiary/aromatic N) is 2. The van der Waals surface area contributed by atoms with Crippen molar-refractivity contribution >= 4 is 21.4 Å². The summed E-state index contributed by atoms with van der Waals surface area (Å²) in [6.07, 6.45) is 0.489. The molecule has 1 fully saturated rings. The van der Waals surface area contributed by atoms with Crippen LogP contribution in [0.1, 0.15) is 20.3 Å². The summed E-state index contributed by atoms with van der Waals surface area (Å²) in [6, 6.07) is 5.82. The molecular weight excluding hydrogens is 319 g/mol. The Balaban J connectivity index is 2.07. The second kappa shape index (κ2) is 6.86. The number of likely N-dealkylation sites (N-methyl/N-ethyl adjacent to an activating group) is 1. The molecule has 0 bridgehead atoms. The summed E-state index contributed by atoms with van der Waals surface area (Å²) in [5.74, 6) is -0.281. The first-order valence-corrected chi connectivity index (χ1v) is 9.50. The van der Waals surface area contributed by atoms with Crippen molar-refractivity contribution in [2.24, 2.45) is 0 Å². The Morgan fingerprint density at radius 1 is 1.30 bits per heavy atom. The molecule has 2 rings (SSSR count). The fourth-order valence-corrected chi connectivity index (χ4v) is 4.52. The zero-order valence-corrected chi connectivity index (χ0v) is 14.5. The van der Waals surface area contributed by atoms with Gasteiger partial charge in [-0.05, 0) is 44.5 Å². The third kappa shape index (κ3) is 4.43. The van der Waals surface area contributed by atoms with Crippen LogP contribution in [-0.4, -0.2) is 56.4 Å². The van der Waals surface area contributed by atoms with Crippen molar-refractivity contribution in [3.8, 4) is 0 Å². The number of anilines is 1.